The Hall–Kier alpha value is -1.72. The molecule has 0 aromatic heterocycles. The largest absolute Gasteiger partial charge is 0.460 e. The van der Waals surface area contributed by atoms with Crippen molar-refractivity contribution in [2.24, 2.45) is 0 Å². The fraction of sp³-hybridized carbons (Fsp3) is 1.00. The molecule has 0 rings (SSSR count). The molecule has 0 aromatic carbocycles. The maximum atomic E-state index is 13.2. The molecule has 218 valence electrons. The zero-order valence-electron chi connectivity index (χ0n) is 15.0. The number of ether oxygens (including phenoxy) is 1. The summed E-state index contributed by atoms with van der Waals surface area (Å²) in [5.41, 5.74) is -8.56. The molecule has 25 heteroatoms. The third-order valence-electron chi connectivity index (χ3n) is 3.74. The highest BCUT2D eigenvalue weighted by Gasteiger charge is 2.95. The Morgan fingerprint density at radius 3 is 0.750 bits per heavy atom. The topological polar surface area (TPSA) is 9.23 Å². The third kappa shape index (κ3) is 4.34. The van der Waals surface area contributed by atoms with Gasteiger partial charge in [0, 0.05) is 0 Å². The fourth-order valence-electron chi connectivity index (χ4n) is 1.74. The van der Waals surface area contributed by atoms with Gasteiger partial charge < -0.3 is 0 Å². The van der Waals surface area contributed by atoms with E-state index in [1.54, 1.807) is 0 Å². The number of rotatable bonds is 8. The first-order valence-corrected chi connectivity index (χ1v) is 7.19. The van der Waals surface area contributed by atoms with Crippen LogP contribution in [0.15, 0.2) is 0 Å². The van der Waals surface area contributed by atoms with Gasteiger partial charge in [0.15, 0.2) is 0 Å². The van der Waals surface area contributed by atoms with Gasteiger partial charge in [0.05, 0.1) is 0 Å². The standard InChI is InChI=1S/C11F24O/c12-1(7(23,24)25,8(26,27)28)10(32,33)36-11(34,35)6(21,22)4(17,18)2(13,14)3(15,16)5(19,20)9(29,30)31. The SMILES string of the molecule is FC(F)(F)C(F)(F)C(F)(F)C(F)(F)C(F)(F)C(F)(F)C(F)(F)OC(F)(F)C(F)(C(F)(F)F)C(F)(F)F. The van der Waals surface area contributed by atoms with Crippen LogP contribution in [0.2, 0.25) is 0 Å². The van der Waals surface area contributed by atoms with Crippen molar-refractivity contribution >= 4 is 0 Å². The lowest BCUT2D eigenvalue weighted by Crippen LogP contribution is -2.74. The molecule has 0 spiro atoms. The summed E-state index contributed by atoms with van der Waals surface area (Å²) in [5.74, 6) is -44.9. The minimum atomic E-state index is -9.20. The monoisotopic (exact) mass is 604 g/mol. The molecule has 0 fully saturated rings. The van der Waals surface area contributed by atoms with Gasteiger partial charge in [-0.15, -0.1) is 0 Å². The Bertz CT molecular complexity index is 778. The second kappa shape index (κ2) is 8.14. The van der Waals surface area contributed by atoms with Gasteiger partial charge in [0.25, 0.3) is 0 Å². The molecule has 0 aliphatic carbocycles. The summed E-state index contributed by atoms with van der Waals surface area (Å²) in [4.78, 5) is 0. The maximum Gasteiger partial charge on any atom is 0.460 e. The molecular formula is C11F24O. The van der Waals surface area contributed by atoms with Gasteiger partial charge in [-0.05, 0) is 0 Å². The van der Waals surface area contributed by atoms with Crippen LogP contribution >= 0.6 is 0 Å². The van der Waals surface area contributed by atoms with Gasteiger partial charge in [0.1, 0.15) is 0 Å². The lowest BCUT2D eigenvalue weighted by Gasteiger charge is -2.42. The van der Waals surface area contributed by atoms with Gasteiger partial charge in [0.2, 0.25) is 0 Å². The number of halogens is 24. The quantitative estimate of drug-likeness (QED) is 0.258. The Kier molecular flexibility index (Phi) is 7.75. The van der Waals surface area contributed by atoms with Crippen molar-refractivity contribution in [2.45, 2.75) is 66.0 Å². The van der Waals surface area contributed by atoms with Crippen LogP contribution in [0, 0.1) is 0 Å². The summed E-state index contributed by atoms with van der Waals surface area (Å²) in [6.07, 6.45) is -41.9. The Morgan fingerprint density at radius 1 is 0.250 bits per heavy atom. The van der Waals surface area contributed by atoms with E-state index < -0.39 is 66.0 Å². The van der Waals surface area contributed by atoms with E-state index in [0.29, 0.717) is 0 Å². The lowest BCUT2D eigenvalue weighted by molar-refractivity contribution is -0.528. The van der Waals surface area contributed by atoms with E-state index in [1.807, 2.05) is 0 Å². The van der Waals surface area contributed by atoms with Gasteiger partial charge in [-0.1, -0.05) is 0 Å². The van der Waals surface area contributed by atoms with Crippen molar-refractivity contribution in [3.8, 4) is 0 Å². The molecule has 0 bridgehead atoms. The summed E-state index contributed by atoms with van der Waals surface area (Å²) in [6, 6.07) is 0. The van der Waals surface area contributed by atoms with Crippen LogP contribution in [0.1, 0.15) is 0 Å². The number of hydrogen-bond donors (Lipinski definition) is 0. The zero-order valence-corrected chi connectivity index (χ0v) is 15.0. The molecule has 0 radical (unpaired) electrons. The Balaban J connectivity index is 6.94. The first-order chi connectivity index (χ1) is 15.0. The summed E-state index contributed by atoms with van der Waals surface area (Å²) in [5, 5.41) is 0. The van der Waals surface area contributed by atoms with Gasteiger partial charge in [-0.25, -0.2) is 9.13 Å². The normalized spacial score (nSPS) is 17.0. The van der Waals surface area contributed by atoms with Crippen LogP contribution in [0.5, 0.6) is 0 Å². The number of hydrogen-bond acceptors (Lipinski definition) is 1. The fourth-order valence-corrected chi connectivity index (χ4v) is 1.74. The molecule has 0 aliphatic heterocycles. The van der Waals surface area contributed by atoms with Gasteiger partial charge in [-0.2, -0.15) is 101 Å². The van der Waals surface area contributed by atoms with Crippen LogP contribution in [0.4, 0.5) is 105 Å². The Morgan fingerprint density at radius 2 is 0.500 bits per heavy atom. The van der Waals surface area contributed by atoms with Crippen molar-refractivity contribution < 1.29 is 110 Å². The first kappa shape index (κ1) is 34.3. The van der Waals surface area contributed by atoms with Crippen molar-refractivity contribution in [2.75, 3.05) is 0 Å². The van der Waals surface area contributed by atoms with E-state index in [2.05, 4.69) is 0 Å². The van der Waals surface area contributed by atoms with E-state index in [0.717, 1.165) is 4.74 Å². The summed E-state index contributed by atoms with van der Waals surface area (Å²) in [7, 11) is 0. The molecule has 0 N–H and O–H groups in total. The smallest absolute Gasteiger partial charge is 0.247 e. The predicted molar refractivity (Wildman–Crippen MR) is 57.7 cm³/mol. The van der Waals surface area contributed by atoms with Crippen LogP contribution < -0.4 is 0 Å². The summed E-state index contributed by atoms with van der Waals surface area (Å²) in [6.45, 7) is 0. The summed E-state index contributed by atoms with van der Waals surface area (Å²) >= 11 is 0. The van der Waals surface area contributed by atoms with Crippen LogP contribution in [0.25, 0.3) is 0 Å². The minimum absolute atomic E-state index is 0.756. The van der Waals surface area contributed by atoms with Crippen molar-refractivity contribution in [3.05, 3.63) is 0 Å². The van der Waals surface area contributed by atoms with Crippen molar-refractivity contribution in [1.82, 2.24) is 0 Å². The van der Waals surface area contributed by atoms with E-state index in [1.165, 1.54) is 0 Å². The molecule has 0 unspecified atom stereocenters. The zero-order chi connectivity index (χ0) is 30.2. The highest BCUT2D eigenvalue weighted by atomic mass is 19.4. The van der Waals surface area contributed by atoms with Gasteiger partial charge in [-0.3, -0.25) is 0 Å². The molecule has 0 aromatic rings. The maximum absolute atomic E-state index is 13.2. The average Bonchev–Trinajstić information content (AvgIpc) is 2.55. The van der Waals surface area contributed by atoms with Crippen molar-refractivity contribution in [1.29, 1.82) is 0 Å². The molecular weight excluding hydrogens is 604 g/mol. The van der Waals surface area contributed by atoms with Crippen molar-refractivity contribution in [3.63, 3.8) is 0 Å². The second-order valence-corrected chi connectivity index (χ2v) is 6.16. The minimum Gasteiger partial charge on any atom is -0.247 e. The van der Waals surface area contributed by atoms with Gasteiger partial charge >= 0.3 is 66.0 Å². The first-order valence-electron chi connectivity index (χ1n) is 7.19. The van der Waals surface area contributed by atoms with Crippen LogP contribution in [-0.2, 0) is 4.74 Å². The average molecular weight is 604 g/mol. The molecule has 0 amide bonds. The van der Waals surface area contributed by atoms with E-state index in [9.17, 15) is 105 Å². The van der Waals surface area contributed by atoms with E-state index >= 15 is 0 Å². The van der Waals surface area contributed by atoms with Crippen LogP contribution in [-0.4, -0.2) is 66.0 Å². The van der Waals surface area contributed by atoms with E-state index in [4.69, 9.17) is 0 Å². The molecule has 1 nitrogen and oxygen atoms in total. The molecule has 0 heterocycles. The Labute approximate surface area is 177 Å². The number of alkyl halides is 24. The second-order valence-electron chi connectivity index (χ2n) is 6.16. The lowest BCUT2D eigenvalue weighted by atomic mass is 9.93. The highest BCUT2D eigenvalue weighted by Crippen LogP contribution is 2.64. The predicted octanol–water partition coefficient (Wildman–Crippen LogP) is 7.76. The molecule has 0 saturated heterocycles. The highest BCUT2D eigenvalue weighted by molar-refractivity contribution is 5.12. The molecule has 0 saturated carbocycles. The van der Waals surface area contributed by atoms with Crippen LogP contribution in [0.3, 0.4) is 0 Å². The molecule has 0 aliphatic rings. The molecule has 0 atom stereocenters. The van der Waals surface area contributed by atoms with E-state index in [-0.39, 0.29) is 0 Å². The summed E-state index contributed by atoms with van der Waals surface area (Å²) < 4.78 is 305. The molecule has 36 heavy (non-hydrogen) atoms. The third-order valence-corrected chi connectivity index (χ3v) is 3.74.